The van der Waals surface area contributed by atoms with Crippen LogP contribution in [0.4, 0.5) is 5.69 Å². The summed E-state index contributed by atoms with van der Waals surface area (Å²) in [5, 5.41) is 12.1. The molecule has 78 valence electrons. The zero-order chi connectivity index (χ0) is 10.7. The maximum atomic E-state index is 5.60. The molecule has 0 aliphatic rings. The van der Waals surface area contributed by atoms with Crippen LogP contribution >= 0.6 is 0 Å². The lowest BCUT2D eigenvalue weighted by Gasteiger charge is -1.97. The monoisotopic (exact) mass is 203 g/mol. The van der Waals surface area contributed by atoms with Crippen LogP contribution in [0.25, 0.3) is 0 Å². The number of aromatic nitrogens is 4. The molecule has 0 saturated carbocycles. The number of nitrogen functional groups attached to an aromatic ring is 1. The van der Waals surface area contributed by atoms with Crippen LogP contribution in [0.2, 0.25) is 0 Å². The number of aryl methyl sites for hydroxylation is 1. The molecule has 0 atom stereocenters. The van der Waals surface area contributed by atoms with E-state index in [1.807, 2.05) is 31.2 Å². The fourth-order valence-electron chi connectivity index (χ4n) is 1.30. The van der Waals surface area contributed by atoms with Crippen LogP contribution in [-0.4, -0.2) is 20.2 Å². The lowest BCUT2D eigenvalue weighted by molar-refractivity contribution is 0.551. The lowest BCUT2D eigenvalue weighted by Crippen LogP contribution is -1.99. The molecule has 0 saturated heterocycles. The minimum Gasteiger partial charge on any atom is -0.399 e. The fourth-order valence-corrected chi connectivity index (χ4v) is 1.30. The molecule has 0 aliphatic carbocycles. The van der Waals surface area contributed by atoms with Crippen LogP contribution in [0.3, 0.4) is 0 Å². The van der Waals surface area contributed by atoms with Gasteiger partial charge in [-0.05, 0) is 29.8 Å². The van der Waals surface area contributed by atoms with Crippen molar-refractivity contribution >= 4 is 5.69 Å². The van der Waals surface area contributed by atoms with Gasteiger partial charge in [-0.2, -0.15) is 4.80 Å². The summed E-state index contributed by atoms with van der Waals surface area (Å²) in [6, 6.07) is 7.70. The van der Waals surface area contributed by atoms with E-state index in [1.54, 1.807) is 4.80 Å². The van der Waals surface area contributed by atoms with E-state index in [0.29, 0.717) is 6.42 Å². The van der Waals surface area contributed by atoms with Gasteiger partial charge in [-0.1, -0.05) is 12.1 Å². The second-order valence-corrected chi connectivity index (χ2v) is 3.31. The number of nitrogens with two attached hydrogens (primary N) is 1. The van der Waals surface area contributed by atoms with Crippen molar-refractivity contribution in [2.75, 3.05) is 5.73 Å². The van der Waals surface area contributed by atoms with Gasteiger partial charge in [0, 0.05) is 12.1 Å². The summed E-state index contributed by atoms with van der Waals surface area (Å²) in [7, 11) is 0. The first kappa shape index (κ1) is 9.64. The molecule has 0 radical (unpaired) electrons. The first-order valence-corrected chi connectivity index (χ1v) is 4.89. The Morgan fingerprint density at radius 1 is 1.27 bits per heavy atom. The van der Waals surface area contributed by atoms with Crippen LogP contribution in [0.1, 0.15) is 18.3 Å². The average Bonchev–Trinajstić information content (AvgIpc) is 2.69. The van der Waals surface area contributed by atoms with E-state index in [4.69, 9.17) is 5.73 Å². The first-order valence-electron chi connectivity index (χ1n) is 4.89. The largest absolute Gasteiger partial charge is 0.399 e. The van der Waals surface area contributed by atoms with Crippen molar-refractivity contribution in [2.24, 2.45) is 0 Å². The molecule has 1 aromatic heterocycles. The van der Waals surface area contributed by atoms with Gasteiger partial charge >= 0.3 is 0 Å². The summed E-state index contributed by atoms with van der Waals surface area (Å²) in [6.07, 6.45) is 0.695. The van der Waals surface area contributed by atoms with Crippen LogP contribution in [0, 0.1) is 0 Å². The Hall–Kier alpha value is -1.91. The Kier molecular flexibility index (Phi) is 2.62. The van der Waals surface area contributed by atoms with Gasteiger partial charge in [0.2, 0.25) is 0 Å². The molecule has 5 heteroatoms. The number of hydrogen-bond donors (Lipinski definition) is 1. The SMILES string of the molecule is CCn1nnc(Cc2ccc(N)cc2)n1. The maximum Gasteiger partial charge on any atom is 0.179 e. The van der Waals surface area contributed by atoms with Crippen LogP contribution in [-0.2, 0) is 13.0 Å². The highest BCUT2D eigenvalue weighted by atomic mass is 15.6. The van der Waals surface area contributed by atoms with Crippen molar-refractivity contribution in [3.63, 3.8) is 0 Å². The number of anilines is 1. The van der Waals surface area contributed by atoms with Gasteiger partial charge in [-0.15, -0.1) is 10.2 Å². The molecule has 0 spiro atoms. The van der Waals surface area contributed by atoms with Crippen molar-refractivity contribution in [2.45, 2.75) is 19.9 Å². The predicted molar refractivity (Wildman–Crippen MR) is 57.2 cm³/mol. The fraction of sp³-hybridized carbons (Fsp3) is 0.300. The zero-order valence-electron chi connectivity index (χ0n) is 8.59. The van der Waals surface area contributed by atoms with Gasteiger partial charge in [-0.3, -0.25) is 0 Å². The zero-order valence-corrected chi connectivity index (χ0v) is 8.59. The number of rotatable bonds is 3. The topological polar surface area (TPSA) is 69.6 Å². The number of benzene rings is 1. The second-order valence-electron chi connectivity index (χ2n) is 3.31. The molecule has 0 unspecified atom stereocenters. The first-order chi connectivity index (χ1) is 7.28. The van der Waals surface area contributed by atoms with Gasteiger partial charge in [0.1, 0.15) is 0 Å². The Balaban J connectivity index is 2.11. The Labute approximate surface area is 87.9 Å². The van der Waals surface area contributed by atoms with E-state index >= 15 is 0 Å². The van der Waals surface area contributed by atoms with Crippen molar-refractivity contribution in [1.29, 1.82) is 0 Å². The van der Waals surface area contributed by atoms with Gasteiger partial charge in [0.25, 0.3) is 0 Å². The number of nitrogens with zero attached hydrogens (tertiary/aromatic N) is 4. The maximum absolute atomic E-state index is 5.60. The quantitative estimate of drug-likeness (QED) is 0.751. The molecule has 1 heterocycles. The van der Waals surface area contributed by atoms with E-state index in [2.05, 4.69) is 15.4 Å². The smallest absolute Gasteiger partial charge is 0.179 e. The van der Waals surface area contributed by atoms with Gasteiger partial charge in [0.15, 0.2) is 5.82 Å². The van der Waals surface area contributed by atoms with E-state index < -0.39 is 0 Å². The molecule has 15 heavy (non-hydrogen) atoms. The summed E-state index contributed by atoms with van der Waals surface area (Å²) < 4.78 is 0. The highest BCUT2D eigenvalue weighted by Gasteiger charge is 2.02. The molecule has 0 fully saturated rings. The van der Waals surface area contributed by atoms with E-state index in [1.165, 1.54) is 0 Å². The Morgan fingerprint density at radius 2 is 2.00 bits per heavy atom. The minimum absolute atomic E-state index is 0.695. The molecular formula is C10H13N5. The van der Waals surface area contributed by atoms with Gasteiger partial charge in [-0.25, -0.2) is 0 Å². The summed E-state index contributed by atoms with van der Waals surface area (Å²) in [5.41, 5.74) is 7.50. The third-order valence-corrected chi connectivity index (χ3v) is 2.12. The molecule has 0 bridgehead atoms. The van der Waals surface area contributed by atoms with Crippen molar-refractivity contribution in [3.8, 4) is 0 Å². The summed E-state index contributed by atoms with van der Waals surface area (Å²) in [4.78, 5) is 1.58. The van der Waals surface area contributed by atoms with Crippen molar-refractivity contribution in [1.82, 2.24) is 20.2 Å². The number of tetrazole rings is 1. The summed E-state index contributed by atoms with van der Waals surface area (Å²) in [6.45, 7) is 2.73. The average molecular weight is 203 g/mol. The van der Waals surface area contributed by atoms with Crippen LogP contribution < -0.4 is 5.73 Å². The van der Waals surface area contributed by atoms with E-state index in [-0.39, 0.29) is 0 Å². The third-order valence-electron chi connectivity index (χ3n) is 2.12. The molecule has 2 aromatic rings. The number of hydrogen-bond acceptors (Lipinski definition) is 4. The lowest BCUT2D eigenvalue weighted by atomic mass is 10.1. The minimum atomic E-state index is 0.695. The molecule has 1 aromatic carbocycles. The Morgan fingerprint density at radius 3 is 2.60 bits per heavy atom. The summed E-state index contributed by atoms with van der Waals surface area (Å²) in [5.74, 6) is 0.738. The normalized spacial score (nSPS) is 10.5. The highest BCUT2D eigenvalue weighted by molar-refractivity contribution is 5.39. The van der Waals surface area contributed by atoms with Gasteiger partial charge in [0.05, 0.1) is 6.54 Å². The van der Waals surface area contributed by atoms with Crippen LogP contribution in [0.15, 0.2) is 24.3 Å². The second kappa shape index (κ2) is 4.08. The summed E-state index contributed by atoms with van der Waals surface area (Å²) >= 11 is 0. The van der Waals surface area contributed by atoms with Gasteiger partial charge < -0.3 is 5.73 Å². The molecular weight excluding hydrogens is 190 g/mol. The third kappa shape index (κ3) is 2.31. The van der Waals surface area contributed by atoms with Crippen LogP contribution in [0.5, 0.6) is 0 Å². The highest BCUT2D eigenvalue weighted by Crippen LogP contribution is 2.08. The van der Waals surface area contributed by atoms with Crippen molar-refractivity contribution < 1.29 is 0 Å². The molecule has 2 rings (SSSR count). The predicted octanol–water partition coefficient (Wildman–Crippen LogP) is 0.866. The molecule has 2 N–H and O–H groups in total. The Bertz CT molecular complexity index is 431. The molecule has 5 nitrogen and oxygen atoms in total. The standard InChI is InChI=1S/C10H13N5/c1-2-15-13-10(12-14-15)7-8-3-5-9(11)6-4-8/h3-6H,2,7,11H2,1H3. The van der Waals surface area contributed by atoms with E-state index in [0.717, 1.165) is 23.6 Å². The van der Waals surface area contributed by atoms with Crippen molar-refractivity contribution in [3.05, 3.63) is 35.7 Å². The molecule has 0 aliphatic heterocycles. The van der Waals surface area contributed by atoms with E-state index in [9.17, 15) is 0 Å². The molecule has 0 amide bonds.